The fraction of sp³-hybridized carbons (Fsp3) is 0.450. The van der Waals surface area contributed by atoms with E-state index in [9.17, 15) is 9.59 Å². The first-order valence-corrected chi connectivity index (χ1v) is 9.52. The predicted octanol–water partition coefficient (Wildman–Crippen LogP) is 0.542. The Hall–Kier alpha value is -2.87. The number of anilines is 1. The number of aryl methyl sites for hydroxylation is 2. The number of nitrogens with zero attached hydrogens (tertiary/aromatic N) is 6. The Bertz CT molecular complexity index is 1130. The third-order valence-corrected chi connectivity index (χ3v) is 5.58. The summed E-state index contributed by atoms with van der Waals surface area (Å²) >= 11 is 0. The summed E-state index contributed by atoms with van der Waals surface area (Å²) in [4.78, 5) is 34.6. The van der Waals surface area contributed by atoms with Crippen LogP contribution >= 0.6 is 0 Å². The van der Waals surface area contributed by atoms with E-state index in [1.807, 2.05) is 4.57 Å². The molecule has 0 saturated carbocycles. The summed E-state index contributed by atoms with van der Waals surface area (Å²) in [6.45, 7) is 6.13. The van der Waals surface area contributed by atoms with Gasteiger partial charge in [-0.3, -0.25) is 18.5 Å². The minimum atomic E-state index is -0.359. The van der Waals surface area contributed by atoms with E-state index in [2.05, 4.69) is 48.0 Å². The second-order valence-electron chi connectivity index (χ2n) is 7.65. The molecule has 1 aromatic carbocycles. The van der Waals surface area contributed by atoms with E-state index >= 15 is 0 Å². The summed E-state index contributed by atoms with van der Waals surface area (Å²) in [6, 6.07) is 8.28. The van der Waals surface area contributed by atoms with E-state index in [1.165, 1.54) is 17.2 Å². The molecule has 148 valence electrons. The quantitative estimate of drug-likeness (QED) is 0.662. The predicted molar refractivity (Wildman–Crippen MR) is 110 cm³/mol. The number of benzene rings is 1. The third kappa shape index (κ3) is 3.03. The van der Waals surface area contributed by atoms with Crippen molar-refractivity contribution in [1.82, 2.24) is 23.6 Å². The number of likely N-dealkylation sites (N-methyl/N-ethyl adjacent to an activating group) is 1. The highest BCUT2D eigenvalue weighted by Crippen LogP contribution is 2.22. The maximum atomic E-state index is 13.0. The van der Waals surface area contributed by atoms with Gasteiger partial charge in [0.05, 0.1) is 6.54 Å². The van der Waals surface area contributed by atoms with Crippen LogP contribution in [0.15, 0.2) is 33.9 Å². The smallest absolute Gasteiger partial charge is 0.332 e. The van der Waals surface area contributed by atoms with Gasteiger partial charge in [0.2, 0.25) is 5.95 Å². The van der Waals surface area contributed by atoms with Crippen LogP contribution in [0.1, 0.15) is 11.1 Å². The summed E-state index contributed by atoms with van der Waals surface area (Å²) in [5.74, 6) is 0.752. The normalized spacial score (nSPS) is 15.5. The van der Waals surface area contributed by atoms with Crippen molar-refractivity contribution in [3.8, 4) is 0 Å². The minimum Gasteiger partial charge on any atom is -0.340 e. The fourth-order valence-electron chi connectivity index (χ4n) is 3.71. The van der Waals surface area contributed by atoms with E-state index in [0.717, 1.165) is 42.3 Å². The van der Waals surface area contributed by atoms with Crippen molar-refractivity contribution in [2.75, 3.05) is 38.1 Å². The van der Waals surface area contributed by atoms with Crippen molar-refractivity contribution < 1.29 is 0 Å². The first-order chi connectivity index (χ1) is 13.4. The molecule has 0 unspecified atom stereocenters. The molecule has 8 heteroatoms. The highest BCUT2D eigenvalue weighted by atomic mass is 16.2. The highest BCUT2D eigenvalue weighted by Gasteiger charge is 2.24. The van der Waals surface area contributed by atoms with E-state index in [4.69, 9.17) is 4.98 Å². The standard InChI is InChI=1S/C20H26N6O2/c1-14-5-7-15(8-6-14)13-26-16-17(23(3)20(28)24(4)18(16)27)21-19(26)25-11-9-22(2)10-12-25/h5-8H,9-13H2,1-4H3. The summed E-state index contributed by atoms with van der Waals surface area (Å²) in [6.07, 6.45) is 0. The molecule has 0 N–H and O–H groups in total. The number of fused-ring (bicyclic) bond motifs is 1. The monoisotopic (exact) mass is 382 g/mol. The molecular formula is C20H26N6O2. The number of piperazine rings is 1. The molecule has 1 aliphatic rings. The number of imidazole rings is 1. The van der Waals surface area contributed by atoms with Crippen molar-refractivity contribution >= 4 is 17.1 Å². The third-order valence-electron chi connectivity index (χ3n) is 5.58. The molecule has 1 saturated heterocycles. The van der Waals surface area contributed by atoms with Crippen LogP contribution in [-0.2, 0) is 20.6 Å². The van der Waals surface area contributed by atoms with Gasteiger partial charge < -0.3 is 9.80 Å². The number of hydrogen-bond acceptors (Lipinski definition) is 5. The average molecular weight is 382 g/mol. The zero-order valence-corrected chi connectivity index (χ0v) is 16.8. The van der Waals surface area contributed by atoms with Crippen LogP contribution < -0.4 is 16.1 Å². The summed E-state index contributed by atoms with van der Waals surface area (Å²) in [5, 5.41) is 0. The molecule has 0 bridgehead atoms. The molecule has 0 atom stereocenters. The molecule has 2 aromatic heterocycles. The first kappa shape index (κ1) is 18.5. The molecule has 0 aliphatic carbocycles. The average Bonchev–Trinajstić information content (AvgIpc) is 3.06. The molecule has 3 heterocycles. The molecule has 4 rings (SSSR count). The van der Waals surface area contributed by atoms with Crippen molar-refractivity contribution in [3.63, 3.8) is 0 Å². The summed E-state index contributed by atoms with van der Waals surface area (Å²) in [5.41, 5.74) is 2.53. The Morgan fingerprint density at radius 1 is 0.929 bits per heavy atom. The van der Waals surface area contributed by atoms with E-state index < -0.39 is 0 Å². The van der Waals surface area contributed by atoms with Crippen molar-refractivity contribution in [3.05, 3.63) is 56.2 Å². The van der Waals surface area contributed by atoms with E-state index in [-0.39, 0.29) is 11.2 Å². The number of hydrogen-bond donors (Lipinski definition) is 0. The van der Waals surface area contributed by atoms with Crippen molar-refractivity contribution in [1.29, 1.82) is 0 Å². The fourth-order valence-corrected chi connectivity index (χ4v) is 3.71. The Kier molecular flexibility index (Phi) is 4.58. The Balaban J connectivity index is 1.92. The van der Waals surface area contributed by atoms with Gasteiger partial charge in [0.1, 0.15) is 0 Å². The maximum Gasteiger partial charge on any atom is 0.332 e. The SMILES string of the molecule is Cc1ccc(Cn2c(N3CCN(C)CC3)nc3c2c(=O)n(C)c(=O)n3C)cc1. The van der Waals surface area contributed by atoms with Gasteiger partial charge in [0, 0.05) is 40.3 Å². The Labute approximate surface area is 163 Å². The van der Waals surface area contributed by atoms with Gasteiger partial charge >= 0.3 is 5.69 Å². The number of aromatic nitrogens is 4. The molecule has 1 aliphatic heterocycles. The van der Waals surface area contributed by atoms with Crippen LogP contribution in [0.2, 0.25) is 0 Å². The van der Waals surface area contributed by atoms with Gasteiger partial charge in [0.15, 0.2) is 11.2 Å². The molecule has 0 amide bonds. The largest absolute Gasteiger partial charge is 0.340 e. The van der Waals surface area contributed by atoms with Crippen molar-refractivity contribution in [2.45, 2.75) is 13.5 Å². The lowest BCUT2D eigenvalue weighted by molar-refractivity contribution is 0.310. The first-order valence-electron chi connectivity index (χ1n) is 9.52. The lowest BCUT2D eigenvalue weighted by Gasteiger charge is -2.33. The minimum absolute atomic E-state index is 0.307. The lowest BCUT2D eigenvalue weighted by atomic mass is 10.1. The van der Waals surface area contributed by atoms with Gasteiger partial charge in [-0.2, -0.15) is 4.98 Å². The molecule has 3 aromatic rings. The van der Waals surface area contributed by atoms with Crippen LogP contribution in [0.5, 0.6) is 0 Å². The van der Waals surface area contributed by atoms with Crippen molar-refractivity contribution in [2.24, 2.45) is 14.1 Å². The summed E-state index contributed by atoms with van der Waals surface area (Å²) in [7, 11) is 5.29. The molecular weight excluding hydrogens is 356 g/mol. The topological polar surface area (TPSA) is 68.3 Å². The van der Waals surface area contributed by atoms with Crippen LogP contribution in [0, 0.1) is 6.92 Å². The molecule has 1 fully saturated rings. The van der Waals surface area contributed by atoms with Gasteiger partial charge in [-0.1, -0.05) is 29.8 Å². The van der Waals surface area contributed by atoms with Crippen LogP contribution in [-0.4, -0.2) is 56.8 Å². The van der Waals surface area contributed by atoms with Crippen LogP contribution in [0.4, 0.5) is 5.95 Å². The molecule has 0 spiro atoms. The maximum absolute atomic E-state index is 13.0. The Morgan fingerprint density at radius 2 is 1.57 bits per heavy atom. The lowest BCUT2D eigenvalue weighted by Crippen LogP contribution is -2.45. The molecule has 28 heavy (non-hydrogen) atoms. The zero-order chi connectivity index (χ0) is 20.0. The summed E-state index contributed by atoms with van der Waals surface area (Å²) < 4.78 is 4.58. The van der Waals surface area contributed by atoms with Gasteiger partial charge in [-0.25, -0.2) is 4.79 Å². The zero-order valence-electron chi connectivity index (χ0n) is 16.8. The highest BCUT2D eigenvalue weighted by molar-refractivity contribution is 5.74. The van der Waals surface area contributed by atoms with Crippen LogP contribution in [0.3, 0.4) is 0 Å². The van der Waals surface area contributed by atoms with Crippen LogP contribution in [0.25, 0.3) is 11.2 Å². The Morgan fingerprint density at radius 3 is 2.21 bits per heavy atom. The van der Waals surface area contributed by atoms with Gasteiger partial charge in [-0.05, 0) is 19.5 Å². The van der Waals surface area contributed by atoms with Gasteiger partial charge in [-0.15, -0.1) is 0 Å². The molecule has 8 nitrogen and oxygen atoms in total. The van der Waals surface area contributed by atoms with E-state index in [1.54, 1.807) is 7.05 Å². The molecule has 0 radical (unpaired) electrons. The van der Waals surface area contributed by atoms with E-state index in [0.29, 0.717) is 17.7 Å². The number of rotatable bonds is 3. The second-order valence-corrected chi connectivity index (χ2v) is 7.65. The second kappa shape index (κ2) is 6.94. The van der Waals surface area contributed by atoms with Gasteiger partial charge in [0.25, 0.3) is 5.56 Å².